The van der Waals surface area contributed by atoms with Crippen LogP contribution < -0.4 is 9.04 Å². The summed E-state index contributed by atoms with van der Waals surface area (Å²) in [5, 5.41) is 9.73. The van der Waals surface area contributed by atoms with Gasteiger partial charge in [0.05, 0.1) is 5.51 Å². The second-order valence-corrected chi connectivity index (χ2v) is 10.3. The number of carboxylic acid groups (broad SMARTS) is 1. The highest BCUT2D eigenvalue weighted by Gasteiger charge is 2.39. The molecule has 1 aliphatic rings. The third-order valence-electron chi connectivity index (χ3n) is 5.15. The molecule has 1 aliphatic heterocycles. The van der Waals surface area contributed by atoms with E-state index in [4.69, 9.17) is 16.3 Å². The summed E-state index contributed by atoms with van der Waals surface area (Å²) >= 11 is 6.92. The van der Waals surface area contributed by atoms with Crippen molar-refractivity contribution in [2.45, 2.75) is 24.0 Å². The molecule has 0 bridgehead atoms. The molecular weight excluding hydrogens is 512 g/mol. The Kier molecular flexibility index (Phi) is 7.03. The summed E-state index contributed by atoms with van der Waals surface area (Å²) in [5.41, 5.74) is 2.29. The van der Waals surface area contributed by atoms with Crippen molar-refractivity contribution in [2.24, 2.45) is 0 Å². The van der Waals surface area contributed by atoms with Crippen LogP contribution in [0.25, 0.3) is 0 Å². The molecule has 8 nitrogen and oxygen atoms in total. The molecule has 1 atom stereocenters. The highest BCUT2D eigenvalue weighted by Crippen LogP contribution is 2.37. The number of halogens is 3. The number of hydrogen-bond acceptors (Lipinski definition) is 7. The van der Waals surface area contributed by atoms with Crippen molar-refractivity contribution in [2.75, 3.05) is 17.4 Å². The maximum atomic E-state index is 15.0. The van der Waals surface area contributed by atoms with Gasteiger partial charge in [0.15, 0.2) is 22.3 Å². The Morgan fingerprint density at radius 1 is 1.32 bits per heavy atom. The van der Waals surface area contributed by atoms with Crippen molar-refractivity contribution in [1.29, 1.82) is 0 Å². The molecule has 13 heteroatoms. The Labute approximate surface area is 203 Å². The van der Waals surface area contributed by atoms with Gasteiger partial charge in [-0.1, -0.05) is 41.9 Å². The monoisotopic (exact) mass is 529 g/mol. The fraction of sp³-hybridized carbons (Fsp3) is 0.238. The van der Waals surface area contributed by atoms with Gasteiger partial charge in [-0.05, 0) is 12.0 Å². The third-order valence-corrected chi connectivity index (χ3v) is 7.79. The number of thiazole rings is 1. The van der Waals surface area contributed by atoms with E-state index in [1.165, 1.54) is 5.51 Å². The van der Waals surface area contributed by atoms with Gasteiger partial charge in [-0.15, -0.1) is 15.6 Å². The van der Waals surface area contributed by atoms with Crippen molar-refractivity contribution in [3.05, 3.63) is 69.5 Å². The van der Waals surface area contributed by atoms with Crippen LogP contribution in [0.5, 0.6) is 5.75 Å². The van der Waals surface area contributed by atoms with Crippen LogP contribution in [0.2, 0.25) is 5.02 Å². The van der Waals surface area contributed by atoms with Crippen LogP contribution in [0.15, 0.2) is 52.2 Å². The summed E-state index contributed by atoms with van der Waals surface area (Å²) in [4.78, 5) is 15.8. The highest BCUT2D eigenvalue weighted by molar-refractivity contribution is 7.93. The standard InChI is InChI=1S/C21H18ClF2N3O5S2/c22-18-16(32-14-6-7-26(10-14)9-13-4-2-1-3-5-13)8-15(23)20(19(18)24)34(30,31)27(21(28)29)17-11-33-12-25-17/h1-5,8,11-12,14H,6-7,9-10H2,(H,28,29)/t14-/m0/s1. The first-order valence-corrected chi connectivity index (χ1v) is 12.7. The zero-order chi connectivity index (χ0) is 24.5. The van der Waals surface area contributed by atoms with Gasteiger partial charge < -0.3 is 9.84 Å². The van der Waals surface area contributed by atoms with Gasteiger partial charge in [-0.2, -0.15) is 0 Å². The first kappa shape index (κ1) is 24.3. The van der Waals surface area contributed by atoms with E-state index in [1.54, 1.807) is 0 Å². The second-order valence-electron chi connectivity index (χ2n) is 7.46. The van der Waals surface area contributed by atoms with E-state index in [0.717, 1.165) is 22.3 Å². The predicted molar refractivity (Wildman–Crippen MR) is 122 cm³/mol. The zero-order valence-electron chi connectivity index (χ0n) is 17.4. The molecule has 4 rings (SSSR count). The lowest BCUT2D eigenvalue weighted by atomic mass is 10.2. The fourth-order valence-corrected chi connectivity index (χ4v) is 5.86. The molecule has 1 N–H and O–H groups in total. The molecule has 3 aromatic rings. The molecule has 1 fully saturated rings. The molecule has 0 radical (unpaired) electrons. The van der Waals surface area contributed by atoms with E-state index in [0.29, 0.717) is 32.1 Å². The van der Waals surface area contributed by atoms with Crippen molar-refractivity contribution < 1.29 is 31.8 Å². The SMILES string of the molecule is O=C(O)N(c1cscn1)S(=O)(=O)c1c(F)cc(O[C@H]2CCN(Cc3ccccc3)C2)c(Cl)c1F. The van der Waals surface area contributed by atoms with E-state index < -0.39 is 49.6 Å². The maximum absolute atomic E-state index is 15.0. The van der Waals surface area contributed by atoms with Crippen molar-refractivity contribution >= 4 is 44.9 Å². The van der Waals surface area contributed by atoms with E-state index >= 15 is 4.39 Å². The summed E-state index contributed by atoms with van der Waals surface area (Å²) in [6.07, 6.45) is -1.83. The average molecular weight is 530 g/mol. The third kappa shape index (κ3) is 4.85. The van der Waals surface area contributed by atoms with E-state index in [1.807, 2.05) is 30.3 Å². The molecule has 1 aromatic heterocycles. The van der Waals surface area contributed by atoms with Crippen LogP contribution >= 0.6 is 22.9 Å². The lowest BCUT2D eigenvalue weighted by molar-refractivity contribution is 0.196. The first-order chi connectivity index (χ1) is 16.2. The first-order valence-electron chi connectivity index (χ1n) is 9.95. The number of sulfonamides is 1. The van der Waals surface area contributed by atoms with Gasteiger partial charge in [0.25, 0.3) is 10.0 Å². The summed E-state index contributed by atoms with van der Waals surface area (Å²) in [6, 6.07) is 10.4. The topological polar surface area (TPSA) is 100 Å². The van der Waals surface area contributed by atoms with Gasteiger partial charge in [0.1, 0.15) is 16.9 Å². The average Bonchev–Trinajstić information content (AvgIpc) is 3.44. The number of ether oxygens (including phenoxy) is 1. The molecule has 0 spiro atoms. The van der Waals surface area contributed by atoms with Crippen LogP contribution in [-0.4, -0.2) is 48.7 Å². The van der Waals surface area contributed by atoms with Gasteiger partial charge in [-0.25, -0.2) is 27.0 Å². The molecule has 0 saturated carbocycles. The van der Waals surface area contributed by atoms with Crippen LogP contribution in [0.3, 0.4) is 0 Å². The van der Waals surface area contributed by atoms with Gasteiger partial charge in [-0.3, -0.25) is 4.90 Å². The number of likely N-dealkylation sites (tertiary alicyclic amines) is 1. The smallest absolute Gasteiger partial charge is 0.427 e. The van der Waals surface area contributed by atoms with E-state index in [-0.39, 0.29) is 10.1 Å². The number of nitrogens with zero attached hydrogens (tertiary/aromatic N) is 3. The van der Waals surface area contributed by atoms with Crippen LogP contribution in [0.4, 0.5) is 19.4 Å². The van der Waals surface area contributed by atoms with Crippen LogP contribution in [0, 0.1) is 11.6 Å². The predicted octanol–water partition coefficient (Wildman–Crippen LogP) is 4.60. The van der Waals surface area contributed by atoms with Crippen LogP contribution in [-0.2, 0) is 16.6 Å². The second kappa shape index (κ2) is 9.82. The molecule has 180 valence electrons. The Balaban J connectivity index is 1.56. The molecule has 1 saturated heterocycles. The summed E-state index contributed by atoms with van der Waals surface area (Å²) in [7, 11) is -5.21. The van der Waals surface area contributed by atoms with Crippen molar-refractivity contribution in [3.63, 3.8) is 0 Å². The molecule has 2 aromatic carbocycles. The minimum absolute atomic E-state index is 0.208. The van der Waals surface area contributed by atoms with E-state index in [2.05, 4.69) is 9.88 Å². The van der Waals surface area contributed by atoms with Crippen molar-refractivity contribution in [3.8, 4) is 5.75 Å². The number of carbonyl (C=O) groups is 1. The highest BCUT2D eigenvalue weighted by atomic mass is 35.5. The van der Waals surface area contributed by atoms with Gasteiger partial charge in [0, 0.05) is 31.1 Å². The largest absolute Gasteiger partial charge is 0.487 e. The number of rotatable bonds is 7. The number of benzene rings is 2. The minimum atomic E-state index is -5.21. The minimum Gasteiger partial charge on any atom is -0.487 e. The maximum Gasteiger partial charge on any atom is 0.427 e. The summed E-state index contributed by atoms with van der Waals surface area (Å²) < 4.78 is 61.1. The number of amides is 1. The lowest BCUT2D eigenvalue weighted by Gasteiger charge is -2.20. The molecule has 0 aliphatic carbocycles. The van der Waals surface area contributed by atoms with Gasteiger partial charge >= 0.3 is 6.09 Å². The Hall–Kier alpha value is -2.80. The number of hydrogen-bond donors (Lipinski definition) is 1. The van der Waals surface area contributed by atoms with Gasteiger partial charge in [0.2, 0.25) is 0 Å². The fourth-order valence-electron chi connectivity index (χ4n) is 3.66. The quantitative estimate of drug-likeness (QED) is 0.446. The Morgan fingerprint density at radius 3 is 2.71 bits per heavy atom. The number of anilines is 1. The molecular formula is C21H18ClF2N3O5S2. The normalized spacial score (nSPS) is 16.5. The summed E-state index contributed by atoms with van der Waals surface area (Å²) in [5.74, 6) is -4.05. The summed E-state index contributed by atoms with van der Waals surface area (Å²) in [6.45, 7) is 1.84. The lowest BCUT2D eigenvalue weighted by Crippen LogP contribution is -2.37. The molecule has 0 unspecified atom stereocenters. The Bertz CT molecular complexity index is 1290. The zero-order valence-corrected chi connectivity index (χ0v) is 19.8. The van der Waals surface area contributed by atoms with Crippen LogP contribution in [0.1, 0.15) is 12.0 Å². The number of aromatic nitrogens is 1. The molecule has 1 amide bonds. The molecule has 2 heterocycles. The van der Waals surface area contributed by atoms with E-state index in [9.17, 15) is 22.7 Å². The van der Waals surface area contributed by atoms with Crippen molar-refractivity contribution in [1.82, 2.24) is 9.88 Å². The molecule has 34 heavy (non-hydrogen) atoms. The Morgan fingerprint density at radius 2 is 2.06 bits per heavy atom.